The lowest BCUT2D eigenvalue weighted by Gasteiger charge is -2.38. The summed E-state index contributed by atoms with van der Waals surface area (Å²) in [5, 5.41) is 3.47. The van der Waals surface area contributed by atoms with Crippen molar-refractivity contribution in [1.29, 1.82) is 0 Å². The highest BCUT2D eigenvalue weighted by Gasteiger charge is 2.43. The molecule has 0 radical (unpaired) electrons. The molecule has 0 aliphatic carbocycles. The number of nitrogens with one attached hydrogen (secondary N) is 1. The largest absolute Gasteiger partial charge is 0.445 e. The van der Waals surface area contributed by atoms with Crippen molar-refractivity contribution in [1.82, 2.24) is 0 Å². The van der Waals surface area contributed by atoms with Crippen molar-refractivity contribution in [2.75, 3.05) is 5.32 Å². The molecule has 1 amide bonds. The molecule has 5 rings (SSSR count). The van der Waals surface area contributed by atoms with Gasteiger partial charge in [-0.15, -0.1) is 0 Å². The standard InChI is InChI=1S/C28H20ClNO3/c29-23-12-14-24(15-13-23)30-26(31)19-11-16-25-20(17-19)18-28(33-27(25)32,21-7-3-1-4-8-21)22-9-5-2-6-10-22/h1-17H,18H2,(H,30,31). The van der Waals surface area contributed by atoms with E-state index >= 15 is 0 Å². The SMILES string of the molecule is O=C(Nc1ccc(Cl)cc1)c1ccc2c(c1)CC(c1ccccc1)(c1ccccc1)OC2=O. The second-order valence-electron chi connectivity index (χ2n) is 7.96. The van der Waals surface area contributed by atoms with E-state index in [2.05, 4.69) is 5.32 Å². The predicted molar refractivity (Wildman–Crippen MR) is 129 cm³/mol. The van der Waals surface area contributed by atoms with E-state index in [9.17, 15) is 9.59 Å². The molecule has 4 aromatic rings. The second-order valence-corrected chi connectivity index (χ2v) is 8.39. The number of amides is 1. The van der Waals surface area contributed by atoms with Gasteiger partial charge in [0.2, 0.25) is 0 Å². The maximum absolute atomic E-state index is 13.1. The fraction of sp³-hybridized carbons (Fsp3) is 0.0714. The third-order valence-corrected chi connectivity index (χ3v) is 6.13. The van der Waals surface area contributed by atoms with Crippen molar-refractivity contribution in [3.63, 3.8) is 0 Å². The van der Waals surface area contributed by atoms with Crippen LogP contribution in [0, 0.1) is 0 Å². The van der Waals surface area contributed by atoms with Gasteiger partial charge in [-0.1, -0.05) is 72.3 Å². The first-order valence-electron chi connectivity index (χ1n) is 10.6. The molecular formula is C28H20ClNO3. The Morgan fingerprint density at radius 1 is 0.818 bits per heavy atom. The molecular weight excluding hydrogens is 434 g/mol. The minimum atomic E-state index is -0.974. The predicted octanol–water partition coefficient (Wildman–Crippen LogP) is 6.25. The number of esters is 1. The molecule has 0 aromatic heterocycles. The number of anilines is 1. The van der Waals surface area contributed by atoms with E-state index in [-0.39, 0.29) is 5.91 Å². The van der Waals surface area contributed by atoms with E-state index in [1.54, 1.807) is 42.5 Å². The lowest BCUT2D eigenvalue weighted by Crippen LogP contribution is -2.40. The summed E-state index contributed by atoms with van der Waals surface area (Å²) in [4.78, 5) is 26.0. The van der Waals surface area contributed by atoms with Gasteiger partial charge in [0.05, 0.1) is 5.56 Å². The minimum absolute atomic E-state index is 0.260. The smallest absolute Gasteiger partial charge is 0.339 e. The van der Waals surface area contributed by atoms with E-state index in [0.717, 1.165) is 16.7 Å². The first-order chi connectivity index (χ1) is 16.0. The first kappa shape index (κ1) is 21.0. The molecule has 0 saturated heterocycles. The molecule has 33 heavy (non-hydrogen) atoms. The average molecular weight is 454 g/mol. The van der Waals surface area contributed by atoms with Gasteiger partial charge in [0, 0.05) is 33.8 Å². The van der Waals surface area contributed by atoms with Gasteiger partial charge in [-0.2, -0.15) is 0 Å². The summed E-state index contributed by atoms with van der Waals surface area (Å²) in [5.74, 6) is -0.669. The molecule has 1 heterocycles. The molecule has 0 fully saturated rings. The quantitative estimate of drug-likeness (QED) is 0.371. The van der Waals surface area contributed by atoms with Crippen LogP contribution < -0.4 is 5.32 Å². The summed E-state index contributed by atoms with van der Waals surface area (Å²) in [6.07, 6.45) is 0.421. The number of hydrogen-bond acceptors (Lipinski definition) is 3. The zero-order chi connectivity index (χ0) is 22.8. The first-order valence-corrected chi connectivity index (χ1v) is 11.0. The summed E-state index contributed by atoms with van der Waals surface area (Å²) in [6, 6.07) is 31.4. The molecule has 0 atom stereocenters. The van der Waals surface area contributed by atoms with Crippen LogP contribution >= 0.6 is 11.6 Å². The Labute approximate surface area is 196 Å². The number of carbonyl (C=O) groups is 2. The number of rotatable bonds is 4. The molecule has 5 heteroatoms. The summed E-state index contributed by atoms with van der Waals surface area (Å²) in [5.41, 5.74) is 3.14. The Morgan fingerprint density at radius 3 is 2.03 bits per heavy atom. The summed E-state index contributed by atoms with van der Waals surface area (Å²) in [6.45, 7) is 0. The summed E-state index contributed by atoms with van der Waals surface area (Å²) >= 11 is 5.93. The highest BCUT2D eigenvalue weighted by atomic mass is 35.5. The lowest BCUT2D eigenvalue weighted by molar-refractivity contribution is -0.00753. The van der Waals surface area contributed by atoms with E-state index in [1.807, 2.05) is 60.7 Å². The van der Waals surface area contributed by atoms with Gasteiger partial charge >= 0.3 is 5.97 Å². The van der Waals surface area contributed by atoms with Gasteiger partial charge in [0.15, 0.2) is 5.60 Å². The lowest BCUT2D eigenvalue weighted by atomic mass is 9.78. The number of carbonyl (C=O) groups excluding carboxylic acids is 2. The summed E-state index contributed by atoms with van der Waals surface area (Å²) < 4.78 is 6.13. The zero-order valence-corrected chi connectivity index (χ0v) is 18.4. The van der Waals surface area contributed by atoms with Crippen molar-refractivity contribution in [3.8, 4) is 0 Å². The van der Waals surface area contributed by atoms with Crippen LogP contribution in [0.5, 0.6) is 0 Å². The second kappa shape index (κ2) is 8.57. The van der Waals surface area contributed by atoms with E-state index in [4.69, 9.17) is 16.3 Å². The third kappa shape index (κ3) is 4.01. The molecule has 0 saturated carbocycles. The third-order valence-electron chi connectivity index (χ3n) is 5.88. The van der Waals surface area contributed by atoms with E-state index in [1.165, 1.54) is 0 Å². The summed E-state index contributed by atoms with van der Waals surface area (Å²) in [7, 11) is 0. The number of cyclic esters (lactones) is 1. The number of hydrogen-bond donors (Lipinski definition) is 1. The van der Waals surface area contributed by atoms with Crippen molar-refractivity contribution in [2.45, 2.75) is 12.0 Å². The van der Waals surface area contributed by atoms with Gasteiger partial charge in [-0.25, -0.2) is 4.79 Å². The van der Waals surface area contributed by atoms with Gasteiger partial charge in [-0.05, 0) is 48.0 Å². The Bertz CT molecular complexity index is 1280. The maximum Gasteiger partial charge on any atom is 0.339 e. The number of halogens is 1. The number of benzene rings is 4. The van der Waals surface area contributed by atoms with Gasteiger partial charge < -0.3 is 10.1 Å². The Kier molecular flexibility index (Phi) is 5.45. The van der Waals surface area contributed by atoms with Crippen molar-refractivity contribution in [2.24, 2.45) is 0 Å². The molecule has 0 bridgehead atoms. The minimum Gasteiger partial charge on any atom is -0.445 e. The molecule has 4 nitrogen and oxygen atoms in total. The van der Waals surface area contributed by atoms with Gasteiger partial charge in [0.1, 0.15) is 0 Å². The van der Waals surface area contributed by atoms with Crippen molar-refractivity contribution >= 4 is 29.2 Å². The number of fused-ring (bicyclic) bond motifs is 1. The van der Waals surface area contributed by atoms with E-state index in [0.29, 0.717) is 28.3 Å². The monoisotopic (exact) mass is 453 g/mol. The molecule has 162 valence electrons. The molecule has 1 N–H and O–H groups in total. The Morgan fingerprint density at radius 2 is 1.42 bits per heavy atom. The average Bonchev–Trinajstić information content (AvgIpc) is 2.86. The molecule has 1 aliphatic rings. The van der Waals surface area contributed by atoms with Gasteiger partial charge in [0.25, 0.3) is 5.91 Å². The van der Waals surface area contributed by atoms with E-state index < -0.39 is 11.6 Å². The molecule has 4 aromatic carbocycles. The Hall–Kier alpha value is -3.89. The number of ether oxygens (including phenoxy) is 1. The van der Waals surface area contributed by atoms with Crippen LogP contribution in [0.3, 0.4) is 0 Å². The highest BCUT2D eigenvalue weighted by Crippen LogP contribution is 2.42. The Balaban J connectivity index is 1.54. The van der Waals surface area contributed by atoms with Crippen molar-refractivity contribution in [3.05, 3.63) is 136 Å². The van der Waals surface area contributed by atoms with Gasteiger partial charge in [-0.3, -0.25) is 4.79 Å². The molecule has 0 spiro atoms. The normalized spacial score (nSPS) is 14.2. The van der Waals surface area contributed by atoms with Crippen LogP contribution in [0.15, 0.2) is 103 Å². The topological polar surface area (TPSA) is 55.4 Å². The van der Waals surface area contributed by atoms with Crippen LogP contribution in [-0.2, 0) is 16.8 Å². The zero-order valence-electron chi connectivity index (χ0n) is 17.6. The fourth-order valence-corrected chi connectivity index (χ4v) is 4.36. The van der Waals surface area contributed by atoms with Crippen molar-refractivity contribution < 1.29 is 14.3 Å². The van der Waals surface area contributed by atoms with Crippen LogP contribution in [0.1, 0.15) is 37.4 Å². The molecule has 0 unspecified atom stereocenters. The van der Waals surface area contributed by atoms with Crippen LogP contribution in [0.25, 0.3) is 0 Å². The van der Waals surface area contributed by atoms with Crippen LogP contribution in [0.4, 0.5) is 5.69 Å². The molecule has 1 aliphatic heterocycles. The fourth-order valence-electron chi connectivity index (χ4n) is 4.24. The maximum atomic E-state index is 13.1. The highest BCUT2D eigenvalue weighted by molar-refractivity contribution is 6.30. The van der Waals surface area contributed by atoms with Crippen LogP contribution in [-0.4, -0.2) is 11.9 Å². The van der Waals surface area contributed by atoms with Crippen LogP contribution in [0.2, 0.25) is 5.02 Å².